The first-order chi connectivity index (χ1) is 13.0. The molecule has 0 bridgehead atoms. The number of hydrogen-bond donors (Lipinski definition) is 0. The van der Waals surface area contributed by atoms with E-state index >= 15 is 0 Å². The van der Waals surface area contributed by atoms with Crippen molar-refractivity contribution in [1.29, 1.82) is 0 Å². The third kappa shape index (κ3) is 3.69. The summed E-state index contributed by atoms with van der Waals surface area (Å²) in [5.74, 6) is -2.80. The molecule has 0 fully saturated rings. The van der Waals surface area contributed by atoms with Crippen LogP contribution in [0.2, 0.25) is 0 Å². The van der Waals surface area contributed by atoms with E-state index in [0.29, 0.717) is 11.4 Å². The highest BCUT2D eigenvalue weighted by atomic mass is 32.1. The Bertz CT molecular complexity index is 1040. The Morgan fingerprint density at radius 1 is 0.667 bits per heavy atom. The zero-order valence-corrected chi connectivity index (χ0v) is 14.9. The summed E-state index contributed by atoms with van der Waals surface area (Å²) in [4.78, 5) is 8.31. The normalized spacial score (nSPS) is 11.0. The third-order valence-electron chi connectivity index (χ3n) is 3.56. The molecule has 0 aliphatic rings. The smallest absolute Gasteiger partial charge is 0.281 e. The summed E-state index contributed by atoms with van der Waals surface area (Å²) in [5, 5.41) is 3.54. The molecule has 27 heavy (non-hydrogen) atoms. The summed E-state index contributed by atoms with van der Waals surface area (Å²) < 4.78 is 59.2. The maximum atomic E-state index is 13.8. The molecule has 3 nitrogen and oxygen atoms in total. The first kappa shape index (κ1) is 17.6. The van der Waals surface area contributed by atoms with E-state index in [2.05, 4.69) is 9.97 Å². The van der Waals surface area contributed by atoms with E-state index in [1.165, 1.54) is 12.1 Å². The molecule has 0 unspecified atom stereocenters. The molecule has 0 spiro atoms. The first-order valence-corrected chi connectivity index (χ1v) is 9.25. The van der Waals surface area contributed by atoms with E-state index in [-0.39, 0.29) is 21.5 Å². The standard InChI is InChI=1S/C18H8F4N2OS2/c19-9-1-3-11(13(21)5-9)15-7-26-17(23-15)25-18-24-16(8-27-18)12-4-2-10(20)6-14(12)22/h1-8H. The van der Waals surface area contributed by atoms with Crippen molar-refractivity contribution in [2.24, 2.45) is 0 Å². The second-order valence-electron chi connectivity index (χ2n) is 5.35. The van der Waals surface area contributed by atoms with E-state index in [1.54, 1.807) is 10.8 Å². The number of thiazole rings is 2. The monoisotopic (exact) mass is 408 g/mol. The van der Waals surface area contributed by atoms with E-state index < -0.39 is 23.3 Å². The minimum absolute atomic E-state index is 0.149. The molecule has 0 radical (unpaired) electrons. The molecule has 2 aromatic carbocycles. The fourth-order valence-corrected chi connectivity index (χ4v) is 3.72. The Labute approximate surface area is 158 Å². The van der Waals surface area contributed by atoms with Gasteiger partial charge in [0.2, 0.25) is 0 Å². The maximum absolute atomic E-state index is 13.8. The molecule has 0 aliphatic carbocycles. The maximum Gasteiger partial charge on any atom is 0.281 e. The molecule has 0 amide bonds. The minimum Gasteiger partial charge on any atom is -0.402 e. The number of ether oxygens (including phenoxy) is 1. The SMILES string of the molecule is Fc1ccc(-c2csc(Oc3nc(-c4ccc(F)cc4F)cs3)n2)c(F)c1. The van der Waals surface area contributed by atoms with Crippen LogP contribution in [0.5, 0.6) is 10.4 Å². The van der Waals surface area contributed by atoms with E-state index in [9.17, 15) is 17.6 Å². The zero-order chi connectivity index (χ0) is 19.0. The number of hydrogen-bond acceptors (Lipinski definition) is 5. The van der Waals surface area contributed by atoms with Crippen molar-refractivity contribution in [3.05, 3.63) is 70.4 Å². The van der Waals surface area contributed by atoms with Gasteiger partial charge < -0.3 is 4.74 Å². The highest BCUT2D eigenvalue weighted by Gasteiger charge is 2.15. The molecule has 2 heterocycles. The largest absolute Gasteiger partial charge is 0.402 e. The number of rotatable bonds is 4. The van der Waals surface area contributed by atoms with Crippen LogP contribution in [0.3, 0.4) is 0 Å². The summed E-state index contributed by atoms with van der Waals surface area (Å²) in [6.07, 6.45) is 0. The molecule has 0 N–H and O–H groups in total. The summed E-state index contributed by atoms with van der Waals surface area (Å²) in [6.45, 7) is 0. The summed E-state index contributed by atoms with van der Waals surface area (Å²) in [6, 6.07) is 6.43. The molecule has 4 aromatic rings. The molecular weight excluding hydrogens is 400 g/mol. The van der Waals surface area contributed by atoms with Gasteiger partial charge in [-0.15, -0.1) is 0 Å². The van der Waals surface area contributed by atoms with Gasteiger partial charge in [-0.1, -0.05) is 22.7 Å². The predicted octanol–water partition coefficient (Wildman–Crippen LogP) is 6.28. The molecule has 0 aliphatic heterocycles. The Morgan fingerprint density at radius 3 is 1.52 bits per heavy atom. The van der Waals surface area contributed by atoms with Crippen LogP contribution in [-0.4, -0.2) is 9.97 Å². The minimum atomic E-state index is -0.727. The number of nitrogens with zero attached hydrogens (tertiary/aromatic N) is 2. The fraction of sp³-hybridized carbons (Fsp3) is 0. The van der Waals surface area contributed by atoms with Crippen LogP contribution in [-0.2, 0) is 0 Å². The quantitative estimate of drug-likeness (QED) is 0.373. The van der Waals surface area contributed by atoms with Gasteiger partial charge in [-0.2, -0.15) is 0 Å². The summed E-state index contributed by atoms with van der Waals surface area (Å²) in [7, 11) is 0. The zero-order valence-electron chi connectivity index (χ0n) is 13.2. The van der Waals surface area contributed by atoms with Crippen LogP contribution in [0.25, 0.3) is 22.5 Å². The Kier molecular flexibility index (Phi) is 4.63. The highest BCUT2D eigenvalue weighted by Crippen LogP contribution is 2.34. The van der Waals surface area contributed by atoms with Gasteiger partial charge in [-0.3, -0.25) is 0 Å². The van der Waals surface area contributed by atoms with Crippen molar-refractivity contribution in [2.75, 3.05) is 0 Å². The topological polar surface area (TPSA) is 35.0 Å². The van der Waals surface area contributed by atoms with Crippen LogP contribution in [0.1, 0.15) is 0 Å². The molecule has 0 saturated heterocycles. The van der Waals surface area contributed by atoms with Crippen LogP contribution >= 0.6 is 22.7 Å². The lowest BCUT2D eigenvalue weighted by atomic mass is 10.1. The predicted molar refractivity (Wildman–Crippen MR) is 95.0 cm³/mol. The van der Waals surface area contributed by atoms with Crippen molar-refractivity contribution in [3.63, 3.8) is 0 Å². The fourth-order valence-electron chi connectivity index (χ4n) is 2.32. The molecule has 4 rings (SSSR count). The molecule has 2 aromatic heterocycles. The highest BCUT2D eigenvalue weighted by molar-refractivity contribution is 7.13. The lowest BCUT2D eigenvalue weighted by Gasteiger charge is -2.00. The van der Waals surface area contributed by atoms with Crippen LogP contribution in [0, 0.1) is 23.3 Å². The third-order valence-corrected chi connectivity index (χ3v) is 4.99. The van der Waals surface area contributed by atoms with E-state index in [1.807, 2.05) is 0 Å². The van der Waals surface area contributed by atoms with Gasteiger partial charge in [-0.05, 0) is 24.3 Å². The van der Waals surface area contributed by atoms with Crippen molar-refractivity contribution < 1.29 is 22.3 Å². The van der Waals surface area contributed by atoms with Gasteiger partial charge in [0.05, 0.1) is 11.4 Å². The Balaban J connectivity index is 1.55. The van der Waals surface area contributed by atoms with Gasteiger partial charge >= 0.3 is 0 Å². The van der Waals surface area contributed by atoms with Gasteiger partial charge in [0.1, 0.15) is 23.3 Å². The Hall–Kier alpha value is -2.78. The lowest BCUT2D eigenvalue weighted by molar-refractivity contribution is 0.476. The Morgan fingerprint density at radius 2 is 1.11 bits per heavy atom. The van der Waals surface area contributed by atoms with Crippen molar-refractivity contribution >= 4 is 22.7 Å². The second kappa shape index (κ2) is 7.09. The van der Waals surface area contributed by atoms with Crippen LogP contribution in [0.4, 0.5) is 17.6 Å². The van der Waals surface area contributed by atoms with Crippen LogP contribution < -0.4 is 4.74 Å². The van der Waals surface area contributed by atoms with Gasteiger partial charge in [0.15, 0.2) is 0 Å². The van der Waals surface area contributed by atoms with E-state index in [4.69, 9.17) is 4.74 Å². The van der Waals surface area contributed by atoms with Crippen molar-refractivity contribution in [3.8, 4) is 32.9 Å². The number of halogens is 4. The first-order valence-electron chi connectivity index (χ1n) is 7.49. The van der Waals surface area contributed by atoms with Gasteiger partial charge in [0, 0.05) is 34.0 Å². The molecule has 9 heteroatoms. The van der Waals surface area contributed by atoms with E-state index in [0.717, 1.165) is 46.9 Å². The molecule has 136 valence electrons. The van der Waals surface area contributed by atoms with Gasteiger partial charge in [-0.25, -0.2) is 27.5 Å². The van der Waals surface area contributed by atoms with Crippen molar-refractivity contribution in [1.82, 2.24) is 9.97 Å². The average Bonchev–Trinajstić information content (AvgIpc) is 3.25. The number of aromatic nitrogens is 2. The lowest BCUT2D eigenvalue weighted by Crippen LogP contribution is -1.88. The molecule has 0 saturated carbocycles. The summed E-state index contributed by atoms with van der Waals surface area (Å²) >= 11 is 2.22. The average molecular weight is 408 g/mol. The van der Waals surface area contributed by atoms with Crippen molar-refractivity contribution in [2.45, 2.75) is 0 Å². The second-order valence-corrected chi connectivity index (χ2v) is 6.99. The van der Waals surface area contributed by atoms with Crippen LogP contribution in [0.15, 0.2) is 47.2 Å². The number of benzene rings is 2. The van der Waals surface area contributed by atoms with Gasteiger partial charge in [0.25, 0.3) is 10.4 Å². The molecule has 0 atom stereocenters. The summed E-state index contributed by atoms with van der Waals surface area (Å²) in [5.41, 5.74) is 0.897. The molecular formula is C18H8F4N2OS2.